The summed E-state index contributed by atoms with van der Waals surface area (Å²) in [7, 11) is 0. The number of hydrogen-bond donors (Lipinski definition) is 1. The van der Waals surface area contributed by atoms with Crippen molar-refractivity contribution in [2.24, 2.45) is 5.73 Å². The van der Waals surface area contributed by atoms with Gasteiger partial charge in [0.1, 0.15) is 0 Å². The summed E-state index contributed by atoms with van der Waals surface area (Å²) in [6.07, 6.45) is 1.23. The fourth-order valence-electron chi connectivity index (χ4n) is 1.66. The number of fused-ring (bicyclic) bond motifs is 1. The van der Waals surface area contributed by atoms with Crippen molar-refractivity contribution >= 4 is 11.8 Å². The lowest BCUT2D eigenvalue weighted by atomic mass is 9.96. The average Bonchev–Trinajstić information content (AvgIpc) is 2.17. The molecular weight excluding hydrogens is 166 g/mol. The molecule has 1 aromatic rings. The lowest BCUT2D eigenvalue weighted by Gasteiger charge is -2.23. The molecule has 0 spiro atoms. The van der Waals surface area contributed by atoms with Gasteiger partial charge in [-0.15, -0.1) is 11.8 Å². The van der Waals surface area contributed by atoms with E-state index in [1.165, 1.54) is 22.6 Å². The van der Waals surface area contributed by atoms with Gasteiger partial charge in [0.25, 0.3) is 0 Å². The molecule has 0 saturated carbocycles. The monoisotopic (exact) mass is 179 g/mol. The molecule has 2 heteroatoms. The van der Waals surface area contributed by atoms with Gasteiger partial charge in [-0.2, -0.15) is 0 Å². The van der Waals surface area contributed by atoms with Crippen molar-refractivity contribution in [1.29, 1.82) is 0 Å². The van der Waals surface area contributed by atoms with E-state index in [0.29, 0.717) is 5.92 Å². The summed E-state index contributed by atoms with van der Waals surface area (Å²) >= 11 is 1.95. The average molecular weight is 179 g/mol. The van der Waals surface area contributed by atoms with Crippen LogP contribution in [0.5, 0.6) is 0 Å². The van der Waals surface area contributed by atoms with E-state index in [1.807, 2.05) is 11.8 Å². The highest BCUT2D eigenvalue weighted by atomic mass is 32.2. The lowest BCUT2D eigenvalue weighted by Crippen LogP contribution is -2.16. The van der Waals surface area contributed by atoms with Gasteiger partial charge in [0.2, 0.25) is 0 Å². The van der Waals surface area contributed by atoms with Crippen LogP contribution < -0.4 is 5.73 Å². The van der Waals surface area contributed by atoms with Gasteiger partial charge in [-0.05, 0) is 36.3 Å². The van der Waals surface area contributed by atoms with Crippen LogP contribution in [0.3, 0.4) is 0 Å². The third-order valence-corrected chi connectivity index (χ3v) is 3.49. The highest BCUT2D eigenvalue weighted by Gasteiger charge is 2.18. The van der Waals surface area contributed by atoms with Gasteiger partial charge < -0.3 is 5.73 Å². The van der Waals surface area contributed by atoms with Crippen LogP contribution in [-0.2, 0) is 0 Å². The van der Waals surface area contributed by atoms with Crippen LogP contribution in [0, 0.1) is 0 Å². The highest BCUT2D eigenvalue weighted by molar-refractivity contribution is 7.99. The minimum absolute atomic E-state index is 0.599. The standard InChI is InChI=1S/C10H13NS/c11-7-8-5-6-12-10-4-2-1-3-9(8)10/h1-4,8H,5-7,11H2. The summed E-state index contributed by atoms with van der Waals surface area (Å²) in [4.78, 5) is 1.43. The Morgan fingerprint density at radius 1 is 1.42 bits per heavy atom. The molecule has 1 atom stereocenters. The maximum atomic E-state index is 5.71. The number of benzene rings is 1. The Bertz CT molecular complexity index is 272. The van der Waals surface area contributed by atoms with E-state index in [4.69, 9.17) is 5.73 Å². The molecule has 1 aromatic carbocycles. The summed E-state index contributed by atoms with van der Waals surface area (Å²) in [6, 6.07) is 8.61. The van der Waals surface area contributed by atoms with E-state index in [9.17, 15) is 0 Å². The first-order chi connectivity index (χ1) is 5.92. The van der Waals surface area contributed by atoms with Gasteiger partial charge in [-0.1, -0.05) is 18.2 Å². The molecule has 1 aliphatic rings. The van der Waals surface area contributed by atoms with Crippen molar-refractivity contribution in [2.45, 2.75) is 17.2 Å². The number of rotatable bonds is 1. The molecule has 2 rings (SSSR count). The molecule has 0 saturated heterocycles. The van der Waals surface area contributed by atoms with Crippen molar-refractivity contribution in [3.8, 4) is 0 Å². The zero-order valence-corrected chi connectivity index (χ0v) is 7.81. The van der Waals surface area contributed by atoms with Crippen LogP contribution in [0.2, 0.25) is 0 Å². The Morgan fingerprint density at radius 3 is 3.08 bits per heavy atom. The molecule has 1 heterocycles. The van der Waals surface area contributed by atoms with Crippen LogP contribution in [0.25, 0.3) is 0 Å². The van der Waals surface area contributed by atoms with Gasteiger partial charge in [0.15, 0.2) is 0 Å². The molecule has 0 amide bonds. The maximum absolute atomic E-state index is 5.71. The molecule has 0 fully saturated rings. The summed E-state index contributed by atoms with van der Waals surface area (Å²) in [5.41, 5.74) is 7.16. The van der Waals surface area contributed by atoms with E-state index < -0.39 is 0 Å². The molecule has 0 aromatic heterocycles. The second kappa shape index (κ2) is 3.50. The van der Waals surface area contributed by atoms with Crippen LogP contribution in [0.1, 0.15) is 17.9 Å². The predicted octanol–water partition coefficient (Wildman–Crippen LogP) is 2.22. The lowest BCUT2D eigenvalue weighted by molar-refractivity contribution is 0.658. The van der Waals surface area contributed by atoms with E-state index in [0.717, 1.165) is 6.54 Å². The molecule has 0 bridgehead atoms. The first-order valence-corrected chi connectivity index (χ1v) is 5.32. The predicted molar refractivity (Wildman–Crippen MR) is 53.6 cm³/mol. The first kappa shape index (κ1) is 8.14. The van der Waals surface area contributed by atoms with Gasteiger partial charge in [-0.3, -0.25) is 0 Å². The van der Waals surface area contributed by atoms with Crippen molar-refractivity contribution in [2.75, 3.05) is 12.3 Å². The molecule has 64 valence electrons. The van der Waals surface area contributed by atoms with Crippen molar-refractivity contribution in [3.63, 3.8) is 0 Å². The zero-order chi connectivity index (χ0) is 8.39. The van der Waals surface area contributed by atoms with Crippen molar-refractivity contribution < 1.29 is 0 Å². The van der Waals surface area contributed by atoms with E-state index >= 15 is 0 Å². The Kier molecular flexibility index (Phi) is 2.38. The number of hydrogen-bond acceptors (Lipinski definition) is 2. The Morgan fingerprint density at radius 2 is 2.25 bits per heavy atom. The fourth-order valence-corrected chi connectivity index (χ4v) is 2.86. The van der Waals surface area contributed by atoms with E-state index in [-0.39, 0.29) is 0 Å². The van der Waals surface area contributed by atoms with Crippen LogP contribution >= 0.6 is 11.8 Å². The smallest absolute Gasteiger partial charge is 0.0107 e. The molecule has 12 heavy (non-hydrogen) atoms. The zero-order valence-electron chi connectivity index (χ0n) is 6.99. The summed E-state index contributed by atoms with van der Waals surface area (Å²) in [5, 5.41) is 0. The molecule has 1 aliphatic heterocycles. The fraction of sp³-hybridized carbons (Fsp3) is 0.400. The third-order valence-electron chi connectivity index (χ3n) is 2.37. The summed E-state index contributed by atoms with van der Waals surface area (Å²) in [5.74, 6) is 1.82. The Balaban J connectivity index is 2.37. The molecular formula is C10H13NS. The quantitative estimate of drug-likeness (QED) is 0.715. The van der Waals surface area contributed by atoms with Crippen LogP contribution in [0.4, 0.5) is 0 Å². The topological polar surface area (TPSA) is 26.0 Å². The normalized spacial score (nSPS) is 21.9. The Labute approximate surface area is 77.3 Å². The van der Waals surface area contributed by atoms with Crippen LogP contribution in [0.15, 0.2) is 29.2 Å². The SMILES string of the molecule is NCC1CCSc2ccccc21. The summed E-state index contributed by atoms with van der Waals surface area (Å²) < 4.78 is 0. The first-order valence-electron chi connectivity index (χ1n) is 4.33. The second-order valence-corrected chi connectivity index (χ2v) is 4.24. The van der Waals surface area contributed by atoms with E-state index in [2.05, 4.69) is 24.3 Å². The molecule has 0 aliphatic carbocycles. The third kappa shape index (κ3) is 1.37. The van der Waals surface area contributed by atoms with E-state index in [1.54, 1.807) is 0 Å². The van der Waals surface area contributed by atoms with Crippen molar-refractivity contribution in [3.05, 3.63) is 29.8 Å². The number of nitrogens with two attached hydrogens (primary N) is 1. The number of thioether (sulfide) groups is 1. The molecule has 1 unspecified atom stereocenters. The second-order valence-electron chi connectivity index (χ2n) is 3.11. The van der Waals surface area contributed by atoms with Crippen molar-refractivity contribution in [1.82, 2.24) is 0 Å². The largest absolute Gasteiger partial charge is 0.330 e. The summed E-state index contributed by atoms with van der Waals surface area (Å²) in [6.45, 7) is 0.789. The minimum atomic E-state index is 0.599. The highest BCUT2D eigenvalue weighted by Crippen LogP contribution is 2.36. The van der Waals surface area contributed by atoms with Gasteiger partial charge in [0.05, 0.1) is 0 Å². The molecule has 2 N–H and O–H groups in total. The molecule has 1 nitrogen and oxygen atoms in total. The van der Waals surface area contributed by atoms with Gasteiger partial charge in [0, 0.05) is 4.90 Å². The minimum Gasteiger partial charge on any atom is -0.330 e. The van der Waals surface area contributed by atoms with Gasteiger partial charge in [-0.25, -0.2) is 0 Å². The maximum Gasteiger partial charge on any atom is 0.0107 e. The Hall–Kier alpha value is -0.470. The van der Waals surface area contributed by atoms with Gasteiger partial charge >= 0.3 is 0 Å². The van der Waals surface area contributed by atoms with Crippen LogP contribution in [-0.4, -0.2) is 12.3 Å². The molecule has 0 radical (unpaired) electrons.